The summed E-state index contributed by atoms with van der Waals surface area (Å²) in [5.41, 5.74) is 5.40. The fourth-order valence-electron chi connectivity index (χ4n) is 4.50. The van der Waals surface area contributed by atoms with Gasteiger partial charge < -0.3 is 5.32 Å². The Morgan fingerprint density at radius 3 is 2.56 bits per heavy atom. The molecule has 3 heteroatoms. The largest absolute Gasteiger partial charge is 0.349 e. The maximum absolute atomic E-state index is 12.8. The van der Waals surface area contributed by atoms with E-state index in [1.54, 1.807) is 0 Å². The van der Waals surface area contributed by atoms with E-state index in [9.17, 15) is 4.79 Å². The summed E-state index contributed by atoms with van der Waals surface area (Å²) in [5, 5.41) is 3.36. The van der Waals surface area contributed by atoms with Gasteiger partial charge in [0.15, 0.2) is 0 Å². The highest BCUT2D eigenvalue weighted by molar-refractivity contribution is 5.79. The molecule has 4 rings (SSSR count). The van der Waals surface area contributed by atoms with Crippen molar-refractivity contribution in [3.63, 3.8) is 0 Å². The lowest BCUT2D eigenvalue weighted by Crippen LogP contribution is -2.41. The van der Waals surface area contributed by atoms with Crippen molar-refractivity contribution in [2.24, 2.45) is 5.92 Å². The third kappa shape index (κ3) is 4.41. The average Bonchev–Trinajstić information content (AvgIpc) is 2.70. The van der Waals surface area contributed by atoms with Gasteiger partial charge in [0.25, 0.3) is 0 Å². The van der Waals surface area contributed by atoms with Gasteiger partial charge in [0.2, 0.25) is 5.91 Å². The molecule has 1 aliphatic carbocycles. The number of nitrogens with zero attached hydrogens (tertiary/aromatic N) is 1. The number of rotatable bonds is 4. The van der Waals surface area contributed by atoms with Gasteiger partial charge in [-0.3, -0.25) is 9.69 Å². The predicted molar refractivity (Wildman–Crippen MR) is 109 cm³/mol. The molecule has 0 spiro atoms. The van der Waals surface area contributed by atoms with Crippen molar-refractivity contribution >= 4 is 5.91 Å². The van der Waals surface area contributed by atoms with E-state index >= 15 is 0 Å². The van der Waals surface area contributed by atoms with Crippen molar-refractivity contribution in [2.45, 2.75) is 51.6 Å². The molecule has 0 bridgehead atoms. The number of aryl methyl sites for hydroxylation is 2. The maximum atomic E-state index is 12.8. The van der Waals surface area contributed by atoms with Crippen LogP contribution >= 0.6 is 0 Å². The van der Waals surface area contributed by atoms with E-state index in [2.05, 4.69) is 65.7 Å². The minimum absolute atomic E-state index is 0.161. The molecule has 1 N–H and O–H groups in total. The summed E-state index contributed by atoms with van der Waals surface area (Å²) in [6.07, 6.45) is 5.30. The van der Waals surface area contributed by atoms with Crippen LogP contribution < -0.4 is 5.32 Å². The first-order valence-corrected chi connectivity index (χ1v) is 10.3. The molecule has 1 fully saturated rings. The van der Waals surface area contributed by atoms with Crippen LogP contribution in [0.15, 0.2) is 48.5 Å². The van der Waals surface area contributed by atoms with Crippen molar-refractivity contribution in [3.05, 3.63) is 70.8 Å². The zero-order valence-corrected chi connectivity index (χ0v) is 16.3. The molecule has 1 amide bonds. The van der Waals surface area contributed by atoms with E-state index in [0.717, 1.165) is 51.7 Å². The molecule has 0 unspecified atom stereocenters. The number of likely N-dealkylation sites (tertiary alicyclic amines) is 1. The first-order valence-electron chi connectivity index (χ1n) is 10.3. The van der Waals surface area contributed by atoms with Gasteiger partial charge in [0.1, 0.15) is 0 Å². The Hall–Kier alpha value is -2.13. The molecule has 3 nitrogen and oxygen atoms in total. The number of hydrogen-bond donors (Lipinski definition) is 1. The Balaban J connectivity index is 1.30. The minimum Gasteiger partial charge on any atom is -0.349 e. The molecule has 2 aromatic carbocycles. The molecule has 1 saturated heterocycles. The van der Waals surface area contributed by atoms with Gasteiger partial charge in [-0.25, -0.2) is 0 Å². The minimum atomic E-state index is 0.161. The second kappa shape index (κ2) is 8.26. The monoisotopic (exact) mass is 362 g/mol. The lowest BCUT2D eigenvalue weighted by atomic mass is 9.87. The van der Waals surface area contributed by atoms with Gasteiger partial charge in [-0.05, 0) is 68.8 Å². The van der Waals surface area contributed by atoms with E-state index in [1.165, 1.54) is 22.3 Å². The molecular formula is C24H30N2O. The van der Waals surface area contributed by atoms with E-state index < -0.39 is 0 Å². The number of carbonyl (C=O) groups excluding carboxylic acids is 1. The number of nitrogens with one attached hydrogen (secondary N) is 1. The van der Waals surface area contributed by atoms with Crippen molar-refractivity contribution < 1.29 is 4.79 Å². The highest BCUT2D eigenvalue weighted by atomic mass is 16.1. The second-order valence-corrected chi connectivity index (χ2v) is 8.19. The van der Waals surface area contributed by atoms with Crippen LogP contribution in [-0.2, 0) is 17.8 Å². The SMILES string of the molecule is Cc1ccc(CN2CCC(C(=O)N[C@@H]3CCCc4ccccc43)CC2)cc1. The first-order chi connectivity index (χ1) is 13.2. The summed E-state index contributed by atoms with van der Waals surface area (Å²) in [5.74, 6) is 0.417. The highest BCUT2D eigenvalue weighted by Crippen LogP contribution is 2.30. The smallest absolute Gasteiger partial charge is 0.223 e. The quantitative estimate of drug-likeness (QED) is 0.874. The van der Waals surface area contributed by atoms with Crippen molar-refractivity contribution in [1.29, 1.82) is 0 Å². The van der Waals surface area contributed by atoms with Gasteiger partial charge in [-0.1, -0.05) is 54.1 Å². The van der Waals surface area contributed by atoms with Crippen LogP contribution in [-0.4, -0.2) is 23.9 Å². The summed E-state index contributed by atoms with van der Waals surface area (Å²) < 4.78 is 0. The molecule has 2 aromatic rings. The van der Waals surface area contributed by atoms with E-state index in [0.29, 0.717) is 0 Å². The van der Waals surface area contributed by atoms with Crippen LogP contribution in [0.25, 0.3) is 0 Å². The third-order valence-electron chi connectivity index (χ3n) is 6.17. The van der Waals surface area contributed by atoms with Gasteiger partial charge in [-0.2, -0.15) is 0 Å². The third-order valence-corrected chi connectivity index (χ3v) is 6.17. The van der Waals surface area contributed by atoms with Gasteiger partial charge in [0, 0.05) is 12.5 Å². The fourth-order valence-corrected chi connectivity index (χ4v) is 4.50. The number of fused-ring (bicyclic) bond motifs is 1. The molecule has 0 saturated carbocycles. The van der Waals surface area contributed by atoms with Gasteiger partial charge >= 0.3 is 0 Å². The number of piperidine rings is 1. The van der Waals surface area contributed by atoms with Crippen LogP contribution in [0.1, 0.15) is 54.0 Å². The van der Waals surface area contributed by atoms with E-state index in [4.69, 9.17) is 0 Å². The fraction of sp³-hybridized carbons (Fsp3) is 0.458. The van der Waals surface area contributed by atoms with Crippen LogP contribution in [0.3, 0.4) is 0 Å². The summed E-state index contributed by atoms with van der Waals surface area (Å²) in [4.78, 5) is 15.3. The van der Waals surface area contributed by atoms with Crippen LogP contribution in [0.2, 0.25) is 0 Å². The molecule has 1 heterocycles. The van der Waals surface area contributed by atoms with Gasteiger partial charge in [-0.15, -0.1) is 0 Å². The maximum Gasteiger partial charge on any atom is 0.223 e. The Morgan fingerprint density at radius 1 is 1.04 bits per heavy atom. The van der Waals surface area contributed by atoms with Crippen molar-refractivity contribution in [1.82, 2.24) is 10.2 Å². The number of benzene rings is 2. The van der Waals surface area contributed by atoms with Crippen LogP contribution in [0, 0.1) is 12.8 Å². The molecule has 1 aliphatic heterocycles. The Bertz CT molecular complexity index is 775. The Kier molecular flexibility index (Phi) is 5.58. The second-order valence-electron chi connectivity index (χ2n) is 8.19. The standard InChI is InChI=1S/C24H30N2O/c1-18-9-11-19(12-10-18)17-26-15-13-21(14-16-26)24(27)25-23-8-4-6-20-5-2-3-7-22(20)23/h2-3,5,7,9-12,21,23H,4,6,8,13-17H2,1H3,(H,25,27)/t23-/m1/s1. The zero-order valence-electron chi connectivity index (χ0n) is 16.3. The summed E-state index contributed by atoms with van der Waals surface area (Å²) in [6.45, 7) is 5.13. The molecule has 0 aromatic heterocycles. The molecule has 0 radical (unpaired) electrons. The van der Waals surface area contributed by atoms with Crippen molar-refractivity contribution in [3.8, 4) is 0 Å². The topological polar surface area (TPSA) is 32.3 Å². The predicted octanol–water partition coefficient (Wildman–Crippen LogP) is 4.40. The lowest BCUT2D eigenvalue weighted by Gasteiger charge is -2.33. The highest BCUT2D eigenvalue weighted by Gasteiger charge is 2.28. The van der Waals surface area contributed by atoms with E-state index in [1.807, 2.05) is 0 Å². The zero-order chi connectivity index (χ0) is 18.6. The van der Waals surface area contributed by atoms with Crippen LogP contribution in [0.5, 0.6) is 0 Å². The lowest BCUT2D eigenvalue weighted by molar-refractivity contribution is -0.127. The Morgan fingerprint density at radius 2 is 1.78 bits per heavy atom. The molecular weight excluding hydrogens is 332 g/mol. The summed E-state index contributed by atoms with van der Waals surface area (Å²) in [7, 11) is 0. The van der Waals surface area contributed by atoms with Crippen molar-refractivity contribution in [2.75, 3.05) is 13.1 Å². The normalized spacial score (nSPS) is 20.9. The average molecular weight is 363 g/mol. The van der Waals surface area contributed by atoms with Crippen LogP contribution in [0.4, 0.5) is 0 Å². The molecule has 27 heavy (non-hydrogen) atoms. The number of amides is 1. The first kappa shape index (κ1) is 18.2. The number of carbonyl (C=O) groups is 1. The molecule has 2 aliphatic rings. The summed E-state index contributed by atoms with van der Waals surface area (Å²) >= 11 is 0. The molecule has 142 valence electrons. The number of hydrogen-bond acceptors (Lipinski definition) is 2. The summed E-state index contributed by atoms with van der Waals surface area (Å²) in [6, 6.07) is 17.6. The van der Waals surface area contributed by atoms with Gasteiger partial charge in [0.05, 0.1) is 6.04 Å². The molecule has 1 atom stereocenters. The Labute approximate surface area is 162 Å². The van der Waals surface area contributed by atoms with E-state index in [-0.39, 0.29) is 17.9 Å².